The molecular weight excluding hydrogens is 711 g/mol. The summed E-state index contributed by atoms with van der Waals surface area (Å²) in [6.45, 7) is 0. The summed E-state index contributed by atoms with van der Waals surface area (Å²) in [5.74, 6) is 0. The molecule has 59 heavy (non-hydrogen) atoms. The van der Waals surface area contributed by atoms with Gasteiger partial charge in [-0.2, -0.15) is 0 Å². The van der Waals surface area contributed by atoms with E-state index in [2.05, 4.69) is 229 Å². The van der Waals surface area contributed by atoms with Crippen LogP contribution in [0, 0.1) is 0 Å². The van der Waals surface area contributed by atoms with E-state index in [1.54, 1.807) is 0 Å². The van der Waals surface area contributed by atoms with Crippen LogP contribution in [0.15, 0.2) is 224 Å². The van der Waals surface area contributed by atoms with Crippen LogP contribution < -0.4 is 0 Å². The fourth-order valence-electron chi connectivity index (χ4n) is 9.67. The van der Waals surface area contributed by atoms with E-state index in [1.807, 2.05) is 0 Å². The largest absolute Gasteiger partial charge is 0.309 e. The molecule has 0 bridgehead atoms. The predicted octanol–water partition coefficient (Wildman–Crippen LogP) is 16.1. The van der Waals surface area contributed by atoms with Gasteiger partial charge in [-0.3, -0.25) is 0 Å². The molecule has 1 heterocycles. The SMILES string of the molecule is c1ccc(-c2ccc(-c3ccc4c(-c5ccc(-n6c7ccc8ccccc8c7c7c8ccccc8ccc76)cc5)c5ccccc5c(-c5ccccc5)c4c3)cc2)cc1. The maximum absolute atomic E-state index is 2.46. The highest BCUT2D eigenvalue weighted by atomic mass is 15.0. The number of aromatic nitrogens is 1. The van der Waals surface area contributed by atoms with E-state index >= 15 is 0 Å². The molecule has 0 unspecified atom stereocenters. The van der Waals surface area contributed by atoms with E-state index in [-0.39, 0.29) is 0 Å². The van der Waals surface area contributed by atoms with Crippen molar-refractivity contribution in [3.63, 3.8) is 0 Å². The van der Waals surface area contributed by atoms with E-state index in [0.717, 1.165) is 5.69 Å². The number of hydrogen-bond acceptors (Lipinski definition) is 0. The van der Waals surface area contributed by atoms with Crippen molar-refractivity contribution in [2.45, 2.75) is 0 Å². The van der Waals surface area contributed by atoms with E-state index < -0.39 is 0 Å². The summed E-state index contributed by atoms with van der Waals surface area (Å²) >= 11 is 0. The normalized spacial score (nSPS) is 11.7. The number of hydrogen-bond donors (Lipinski definition) is 0. The van der Waals surface area contributed by atoms with Crippen LogP contribution in [0.2, 0.25) is 0 Å². The first-order valence-corrected chi connectivity index (χ1v) is 20.4. The van der Waals surface area contributed by atoms with Crippen LogP contribution in [0.3, 0.4) is 0 Å². The third-order valence-corrected chi connectivity index (χ3v) is 12.4. The number of benzene rings is 11. The summed E-state index contributed by atoms with van der Waals surface area (Å²) in [6, 6.07) is 82.5. The van der Waals surface area contributed by atoms with Gasteiger partial charge in [0.05, 0.1) is 11.0 Å². The second kappa shape index (κ2) is 13.4. The number of fused-ring (bicyclic) bond motifs is 9. The quantitative estimate of drug-likeness (QED) is 0.155. The van der Waals surface area contributed by atoms with E-state index in [1.165, 1.54) is 109 Å². The minimum absolute atomic E-state index is 1.15. The molecule has 0 amide bonds. The summed E-state index contributed by atoms with van der Waals surface area (Å²) in [6.07, 6.45) is 0. The van der Waals surface area contributed by atoms with Crippen molar-refractivity contribution in [2.75, 3.05) is 0 Å². The number of nitrogens with zero attached hydrogens (tertiary/aromatic N) is 1. The molecule has 274 valence electrons. The zero-order chi connectivity index (χ0) is 38.9. The van der Waals surface area contributed by atoms with Gasteiger partial charge < -0.3 is 4.57 Å². The van der Waals surface area contributed by atoms with Crippen LogP contribution in [-0.2, 0) is 0 Å². The monoisotopic (exact) mass is 747 g/mol. The van der Waals surface area contributed by atoms with Gasteiger partial charge in [0.15, 0.2) is 0 Å². The first-order valence-electron chi connectivity index (χ1n) is 20.4. The van der Waals surface area contributed by atoms with Gasteiger partial charge >= 0.3 is 0 Å². The van der Waals surface area contributed by atoms with Crippen molar-refractivity contribution in [1.29, 1.82) is 0 Å². The van der Waals surface area contributed by atoms with Crippen molar-refractivity contribution in [3.8, 4) is 50.2 Å². The summed E-state index contributed by atoms with van der Waals surface area (Å²) in [5, 5.41) is 12.7. The van der Waals surface area contributed by atoms with Crippen LogP contribution in [0.5, 0.6) is 0 Å². The van der Waals surface area contributed by atoms with Gasteiger partial charge in [0, 0.05) is 16.5 Å². The molecule has 12 rings (SSSR count). The highest BCUT2D eigenvalue weighted by Gasteiger charge is 2.20. The molecule has 0 aliphatic heterocycles. The maximum Gasteiger partial charge on any atom is 0.0547 e. The first kappa shape index (κ1) is 33.4. The molecule has 0 radical (unpaired) electrons. The smallest absolute Gasteiger partial charge is 0.0547 e. The molecule has 0 aliphatic rings. The van der Waals surface area contributed by atoms with E-state index in [0.29, 0.717) is 0 Å². The Hall–Kier alpha value is -7.74. The lowest BCUT2D eigenvalue weighted by Gasteiger charge is -2.19. The minimum atomic E-state index is 1.15. The van der Waals surface area contributed by atoms with Crippen molar-refractivity contribution in [3.05, 3.63) is 224 Å². The van der Waals surface area contributed by atoms with Gasteiger partial charge in [0.2, 0.25) is 0 Å². The van der Waals surface area contributed by atoms with Gasteiger partial charge in [0.1, 0.15) is 0 Å². The average molecular weight is 748 g/mol. The van der Waals surface area contributed by atoms with Gasteiger partial charge in [-0.1, -0.05) is 194 Å². The Morgan fingerprint density at radius 3 is 1.20 bits per heavy atom. The maximum atomic E-state index is 2.46. The Morgan fingerprint density at radius 1 is 0.237 bits per heavy atom. The molecule has 0 aliphatic carbocycles. The third-order valence-electron chi connectivity index (χ3n) is 12.4. The highest BCUT2D eigenvalue weighted by molar-refractivity contribution is 6.28. The molecule has 0 saturated heterocycles. The van der Waals surface area contributed by atoms with Gasteiger partial charge in [-0.05, 0) is 118 Å². The molecule has 0 N–H and O–H groups in total. The van der Waals surface area contributed by atoms with Crippen LogP contribution in [0.1, 0.15) is 0 Å². The zero-order valence-corrected chi connectivity index (χ0v) is 32.3. The van der Waals surface area contributed by atoms with Crippen LogP contribution in [0.25, 0.3) is 115 Å². The lowest BCUT2D eigenvalue weighted by molar-refractivity contribution is 1.18. The summed E-state index contributed by atoms with van der Waals surface area (Å²) in [7, 11) is 0. The van der Waals surface area contributed by atoms with Crippen molar-refractivity contribution >= 4 is 64.9 Å². The van der Waals surface area contributed by atoms with Crippen LogP contribution in [0.4, 0.5) is 0 Å². The molecule has 0 spiro atoms. The Kier molecular flexibility index (Phi) is 7.61. The Balaban J connectivity index is 1.06. The lowest BCUT2D eigenvalue weighted by Crippen LogP contribution is -1.95. The topological polar surface area (TPSA) is 4.93 Å². The average Bonchev–Trinajstić information content (AvgIpc) is 3.67. The molecule has 11 aromatic carbocycles. The molecule has 0 atom stereocenters. The molecule has 0 fully saturated rings. The Bertz CT molecular complexity index is 3470. The van der Waals surface area contributed by atoms with Crippen LogP contribution >= 0.6 is 0 Å². The molecule has 1 nitrogen and oxygen atoms in total. The molecule has 12 aromatic rings. The second-order valence-electron chi connectivity index (χ2n) is 15.6. The highest BCUT2D eigenvalue weighted by Crippen LogP contribution is 2.46. The predicted molar refractivity (Wildman–Crippen MR) is 253 cm³/mol. The standard InChI is InChI=1S/C58H37N/c1-3-13-38(14-4-1)39-23-25-40(26-24-39)45-29-34-51-52(37-45)56(43-17-5-2-6-18-43)50-22-12-11-21-49(50)55(51)44-27-32-46(33-28-44)59-53-35-30-41-15-7-9-19-47(41)57(53)58-48-20-10-8-16-42(48)31-36-54(58)59/h1-37H. The second-order valence-corrected chi connectivity index (χ2v) is 15.6. The Morgan fingerprint density at radius 2 is 0.627 bits per heavy atom. The van der Waals surface area contributed by atoms with Crippen LogP contribution in [-0.4, -0.2) is 4.57 Å². The van der Waals surface area contributed by atoms with Gasteiger partial charge in [0.25, 0.3) is 0 Å². The summed E-state index contributed by atoms with van der Waals surface area (Å²) < 4.78 is 2.46. The van der Waals surface area contributed by atoms with Gasteiger partial charge in [-0.15, -0.1) is 0 Å². The van der Waals surface area contributed by atoms with Gasteiger partial charge in [-0.25, -0.2) is 0 Å². The fraction of sp³-hybridized carbons (Fsp3) is 0. The summed E-state index contributed by atoms with van der Waals surface area (Å²) in [5.41, 5.74) is 13.4. The third kappa shape index (κ3) is 5.33. The van der Waals surface area contributed by atoms with Crippen molar-refractivity contribution in [1.82, 2.24) is 4.57 Å². The molecule has 1 heteroatoms. The van der Waals surface area contributed by atoms with Crippen molar-refractivity contribution < 1.29 is 0 Å². The molecular formula is C58H37N. The first-order chi connectivity index (χ1) is 29.3. The molecule has 0 saturated carbocycles. The van der Waals surface area contributed by atoms with E-state index in [9.17, 15) is 0 Å². The summed E-state index contributed by atoms with van der Waals surface area (Å²) in [4.78, 5) is 0. The molecule has 1 aromatic heterocycles. The van der Waals surface area contributed by atoms with Crippen molar-refractivity contribution in [2.24, 2.45) is 0 Å². The zero-order valence-electron chi connectivity index (χ0n) is 32.3. The lowest BCUT2D eigenvalue weighted by atomic mass is 9.85. The Labute approximate surface area is 342 Å². The number of rotatable bonds is 5. The minimum Gasteiger partial charge on any atom is -0.309 e. The fourth-order valence-corrected chi connectivity index (χ4v) is 9.67. The van der Waals surface area contributed by atoms with E-state index in [4.69, 9.17) is 0 Å².